The lowest BCUT2D eigenvalue weighted by molar-refractivity contribution is 0.0509. The summed E-state index contributed by atoms with van der Waals surface area (Å²) in [4.78, 5) is 16.7. The minimum Gasteiger partial charge on any atom is -0.461 e. The van der Waals surface area contributed by atoms with E-state index >= 15 is 0 Å². The van der Waals surface area contributed by atoms with Gasteiger partial charge in [-0.1, -0.05) is 11.6 Å². The highest BCUT2D eigenvalue weighted by atomic mass is 35.5. The van der Waals surface area contributed by atoms with Crippen molar-refractivity contribution in [2.75, 3.05) is 6.61 Å². The molecule has 0 amide bonds. The van der Waals surface area contributed by atoms with Gasteiger partial charge in [0.2, 0.25) is 0 Å². The van der Waals surface area contributed by atoms with Gasteiger partial charge in [-0.05, 0) is 44.2 Å². The van der Waals surface area contributed by atoms with Crippen molar-refractivity contribution >= 4 is 17.6 Å². The molecule has 0 aromatic carbocycles. The van der Waals surface area contributed by atoms with Gasteiger partial charge in [0.1, 0.15) is 10.8 Å². The third kappa shape index (κ3) is 2.59. The molecule has 2 heterocycles. The van der Waals surface area contributed by atoms with Crippen LogP contribution in [0, 0.1) is 0 Å². The van der Waals surface area contributed by atoms with E-state index in [2.05, 4.69) is 4.98 Å². The van der Waals surface area contributed by atoms with Crippen molar-refractivity contribution in [1.82, 2.24) is 14.8 Å². The summed E-state index contributed by atoms with van der Waals surface area (Å²) >= 11 is 6.06. The van der Waals surface area contributed by atoms with Crippen LogP contribution in [0.4, 0.5) is 0 Å². The van der Waals surface area contributed by atoms with Gasteiger partial charge in [0.25, 0.3) is 0 Å². The molecule has 0 aliphatic heterocycles. The molecule has 0 spiro atoms. The van der Waals surface area contributed by atoms with Crippen LogP contribution in [0.3, 0.4) is 0 Å². The maximum Gasteiger partial charge on any atom is 0.356 e. The normalized spacial score (nSPS) is 17.1. The minimum absolute atomic E-state index is 0.255. The summed E-state index contributed by atoms with van der Waals surface area (Å²) in [7, 11) is 0. The monoisotopic (exact) mass is 346 g/mol. The molecule has 2 aliphatic rings. The topological polar surface area (TPSA) is 83.0 Å². The first kappa shape index (κ1) is 15.6. The van der Waals surface area contributed by atoms with E-state index in [0.29, 0.717) is 24.0 Å². The quantitative estimate of drug-likeness (QED) is 0.678. The SMILES string of the molecule is CCOC(=O)c1c2c(nn1CC1(N)CC1)-c1cc(Cl)ncc1CC2. The van der Waals surface area contributed by atoms with E-state index in [1.54, 1.807) is 17.8 Å². The fraction of sp³-hybridized carbons (Fsp3) is 0.471. The predicted octanol–water partition coefficient (Wildman–Crippen LogP) is 2.37. The van der Waals surface area contributed by atoms with E-state index in [1.165, 1.54) is 0 Å². The number of hydrogen-bond donors (Lipinski definition) is 1. The van der Waals surface area contributed by atoms with Crippen LogP contribution in [-0.4, -0.2) is 32.9 Å². The summed E-state index contributed by atoms with van der Waals surface area (Å²) in [6.45, 7) is 2.66. The van der Waals surface area contributed by atoms with Crippen LogP contribution in [0.15, 0.2) is 12.3 Å². The summed E-state index contributed by atoms with van der Waals surface area (Å²) in [6, 6.07) is 1.82. The Balaban J connectivity index is 1.85. The first-order chi connectivity index (χ1) is 11.5. The van der Waals surface area contributed by atoms with Crippen LogP contribution in [-0.2, 0) is 24.1 Å². The van der Waals surface area contributed by atoms with Crippen LogP contribution in [0.2, 0.25) is 5.15 Å². The number of rotatable bonds is 4. The lowest BCUT2D eigenvalue weighted by atomic mass is 9.90. The van der Waals surface area contributed by atoms with E-state index in [1.807, 2.05) is 6.07 Å². The smallest absolute Gasteiger partial charge is 0.356 e. The van der Waals surface area contributed by atoms with Crippen molar-refractivity contribution in [3.63, 3.8) is 0 Å². The first-order valence-electron chi connectivity index (χ1n) is 8.21. The number of pyridine rings is 1. The van der Waals surface area contributed by atoms with Gasteiger partial charge in [0.05, 0.1) is 18.8 Å². The van der Waals surface area contributed by atoms with Crippen LogP contribution in [0.5, 0.6) is 0 Å². The summed E-state index contributed by atoms with van der Waals surface area (Å²) in [5, 5.41) is 5.13. The van der Waals surface area contributed by atoms with Crippen LogP contribution >= 0.6 is 11.6 Å². The van der Waals surface area contributed by atoms with Gasteiger partial charge in [-0.2, -0.15) is 5.10 Å². The van der Waals surface area contributed by atoms with E-state index < -0.39 is 0 Å². The molecule has 2 aromatic heterocycles. The number of halogens is 1. The third-order valence-corrected chi connectivity index (χ3v) is 4.94. The second-order valence-corrected chi connectivity index (χ2v) is 6.97. The molecule has 0 atom stereocenters. The second kappa shape index (κ2) is 5.57. The van der Waals surface area contributed by atoms with Crippen molar-refractivity contribution in [2.45, 2.75) is 44.7 Å². The third-order valence-electron chi connectivity index (χ3n) is 4.73. The number of hydrogen-bond acceptors (Lipinski definition) is 5. The largest absolute Gasteiger partial charge is 0.461 e. The summed E-state index contributed by atoms with van der Waals surface area (Å²) < 4.78 is 7.00. The van der Waals surface area contributed by atoms with Crippen molar-refractivity contribution in [3.05, 3.63) is 34.2 Å². The maximum atomic E-state index is 12.5. The number of nitrogens with zero attached hydrogens (tertiary/aromatic N) is 3. The molecule has 2 N–H and O–H groups in total. The molecule has 6 nitrogen and oxygen atoms in total. The second-order valence-electron chi connectivity index (χ2n) is 6.58. The Morgan fingerprint density at radius 3 is 2.96 bits per heavy atom. The van der Waals surface area contributed by atoms with Crippen LogP contribution < -0.4 is 5.73 Å². The molecule has 0 saturated heterocycles. The molecule has 126 valence electrons. The zero-order valence-electron chi connectivity index (χ0n) is 13.5. The molecule has 0 bridgehead atoms. The predicted molar refractivity (Wildman–Crippen MR) is 90.0 cm³/mol. The number of carbonyl (C=O) groups is 1. The molecule has 0 radical (unpaired) electrons. The van der Waals surface area contributed by atoms with Crippen molar-refractivity contribution in [3.8, 4) is 11.3 Å². The van der Waals surface area contributed by atoms with Crippen LogP contribution in [0.25, 0.3) is 11.3 Å². The number of carbonyl (C=O) groups excluding carboxylic acids is 1. The van der Waals surface area contributed by atoms with Crippen molar-refractivity contribution in [1.29, 1.82) is 0 Å². The Kier molecular flexibility index (Phi) is 3.62. The molecule has 2 aliphatic carbocycles. The zero-order chi connectivity index (χ0) is 16.9. The summed E-state index contributed by atoms with van der Waals surface area (Å²) in [6.07, 6.45) is 5.23. The zero-order valence-corrected chi connectivity index (χ0v) is 14.3. The number of aromatic nitrogens is 3. The van der Waals surface area contributed by atoms with Gasteiger partial charge < -0.3 is 10.5 Å². The molecule has 2 aromatic rings. The van der Waals surface area contributed by atoms with E-state index in [9.17, 15) is 4.79 Å². The van der Waals surface area contributed by atoms with Crippen LogP contribution in [0.1, 0.15) is 41.4 Å². The highest BCUT2D eigenvalue weighted by molar-refractivity contribution is 6.29. The van der Waals surface area contributed by atoms with E-state index in [4.69, 9.17) is 27.2 Å². The molecular weight excluding hydrogens is 328 g/mol. The molecule has 24 heavy (non-hydrogen) atoms. The molecule has 0 unspecified atom stereocenters. The molecule has 1 fully saturated rings. The number of ether oxygens (including phenoxy) is 1. The number of esters is 1. The average molecular weight is 347 g/mol. The Morgan fingerprint density at radius 1 is 1.46 bits per heavy atom. The number of fused-ring (bicyclic) bond motifs is 3. The fourth-order valence-corrected chi connectivity index (χ4v) is 3.41. The Labute approximate surface area is 145 Å². The van der Waals surface area contributed by atoms with E-state index in [-0.39, 0.29) is 11.5 Å². The number of nitrogens with two attached hydrogens (primary N) is 1. The molecule has 1 saturated carbocycles. The minimum atomic E-state index is -0.334. The highest BCUT2D eigenvalue weighted by Crippen LogP contribution is 2.38. The first-order valence-corrected chi connectivity index (χ1v) is 8.59. The Bertz CT molecular complexity index is 826. The fourth-order valence-electron chi connectivity index (χ4n) is 3.25. The Hall–Kier alpha value is -1.92. The number of aryl methyl sites for hydroxylation is 1. The molecular formula is C17H19ClN4O2. The lowest BCUT2D eigenvalue weighted by Crippen LogP contribution is -2.30. The van der Waals surface area contributed by atoms with Crippen molar-refractivity contribution < 1.29 is 9.53 Å². The standard InChI is InChI=1S/C17H19ClN4O2/c1-2-24-16(23)15-11-4-3-10-8-20-13(18)7-12(10)14(11)21-22(15)9-17(19)5-6-17/h7-8H,2-6,9,19H2,1H3. The van der Waals surface area contributed by atoms with Gasteiger partial charge in [-0.3, -0.25) is 4.68 Å². The maximum absolute atomic E-state index is 12.5. The molecule has 7 heteroatoms. The van der Waals surface area contributed by atoms with E-state index in [0.717, 1.165) is 48.1 Å². The van der Waals surface area contributed by atoms with Crippen molar-refractivity contribution in [2.24, 2.45) is 5.73 Å². The summed E-state index contributed by atoms with van der Waals surface area (Å²) in [5.74, 6) is -0.334. The van der Waals surface area contributed by atoms with Gasteiger partial charge in [-0.25, -0.2) is 9.78 Å². The van der Waals surface area contributed by atoms with Gasteiger partial charge in [0.15, 0.2) is 0 Å². The van der Waals surface area contributed by atoms with Gasteiger partial charge >= 0.3 is 5.97 Å². The Morgan fingerprint density at radius 2 is 2.25 bits per heavy atom. The lowest BCUT2D eigenvalue weighted by Gasteiger charge is -2.15. The average Bonchev–Trinajstić information content (AvgIpc) is 3.15. The highest BCUT2D eigenvalue weighted by Gasteiger charge is 2.41. The molecule has 4 rings (SSSR count). The summed E-state index contributed by atoms with van der Waals surface area (Å²) in [5.41, 5.74) is 10.3. The van der Waals surface area contributed by atoms with Gasteiger partial charge in [0, 0.05) is 22.9 Å². The van der Waals surface area contributed by atoms with Gasteiger partial charge in [-0.15, -0.1) is 0 Å².